The van der Waals surface area contributed by atoms with Gasteiger partial charge in [-0.15, -0.1) is 0 Å². The SMILES string of the molecule is COCC(N)C(=O)N1CCCc2c(NC(=O)Nc3ccccc3F)cccc21. The third kappa shape index (κ3) is 4.29. The Hall–Kier alpha value is -2.97. The highest BCUT2D eigenvalue weighted by molar-refractivity contribution is 6.03. The molecule has 28 heavy (non-hydrogen) atoms. The molecule has 1 heterocycles. The summed E-state index contributed by atoms with van der Waals surface area (Å²) in [5.74, 6) is -0.743. The summed E-state index contributed by atoms with van der Waals surface area (Å²) in [5.41, 5.74) is 8.12. The van der Waals surface area contributed by atoms with Crippen LogP contribution < -0.4 is 21.3 Å². The normalized spacial score (nSPS) is 14.2. The van der Waals surface area contributed by atoms with E-state index in [-0.39, 0.29) is 18.2 Å². The highest BCUT2D eigenvalue weighted by Crippen LogP contribution is 2.33. The molecule has 0 saturated carbocycles. The second-order valence-electron chi connectivity index (χ2n) is 6.52. The van der Waals surface area contributed by atoms with E-state index in [0.717, 1.165) is 12.0 Å². The van der Waals surface area contributed by atoms with E-state index in [2.05, 4.69) is 10.6 Å². The number of benzene rings is 2. The molecule has 0 saturated heterocycles. The number of carbonyl (C=O) groups excluding carboxylic acids is 2. The largest absolute Gasteiger partial charge is 0.383 e. The fraction of sp³-hybridized carbons (Fsp3) is 0.300. The zero-order valence-electron chi connectivity index (χ0n) is 15.6. The van der Waals surface area contributed by atoms with Gasteiger partial charge in [-0.05, 0) is 42.7 Å². The van der Waals surface area contributed by atoms with Crippen LogP contribution in [0.4, 0.5) is 26.2 Å². The van der Waals surface area contributed by atoms with Crippen molar-refractivity contribution in [3.63, 3.8) is 0 Å². The van der Waals surface area contributed by atoms with Gasteiger partial charge in [0.1, 0.15) is 11.9 Å². The number of fused-ring (bicyclic) bond motifs is 1. The van der Waals surface area contributed by atoms with Gasteiger partial charge in [0.25, 0.3) is 0 Å². The Labute approximate surface area is 162 Å². The Balaban J connectivity index is 1.79. The van der Waals surface area contributed by atoms with Crippen LogP contribution in [0.1, 0.15) is 12.0 Å². The number of nitrogens with one attached hydrogen (secondary N) is 2. The number of nitrogens with two attached hydrogens (primary N) is 1. The number of methoxy groups -OCH3 is 1. The molecule has 1 aliphatic rings. The fourth-order valence-corrected chi connectivity index (χ4v) is 3.26. The molecule has 0 aromatic heterocycles. The molecule has 4 N–H and O–H groups in total. The van der Waals surface area contributed by atoms with Crippen molar-refractivity contribution in [2.24, 2.45) is 5.73 Å². The first-order chi connectivity index (χ1) is 13.5. The standard InChI is InChI=1S/C20H23FN4O3/c1-28-12-15(22)19(26)25-11-5-6-13-16(9-4-10-18(13)25)23-20(27)24-17-8-3-2-7-14(17)21/h2-4,7-10,15H,5-6,11-12,22H2,1H3,(H2,23,24,27). The van der Waals surface area contributed by atoms with Gasteiger partial charge in [-0.25, -0.2) is 9.18 Å². The van der Waals surface area contributed by atoms with E-state index in [9.17, 15) is 14.0 Å². The average molecular weight is 386 g/mol. The van der Waals surface area contributed by atoms with Crippen molar-refractivity contribution in [3.8, 4) is 0 Å². The maximum atomic E-state index is 13.7. The smallest absolute Gasteiger partial charge is 0.323 e. The molecule has 3 amide bonds. The molecule has 0 fully saturated rings. The molecule has 1 unspecified atom stereocenters. The first kappa shape index (κ1) is 19.8. The predicted octanol–water partition coefficient (Wildman–Crippen LogP) is 2.72. The van der Waals surface area contributed by atoms with E-state index in [1.165, 1.54) is 19.2 Å². The molecular formula is C20H23FN4O3. The van der Waals surface area contributed by atoms with Crippen LogP contribution in [0.2, 0.25) is 0 Å². The third-order valence-electron chi connectivity index (χ3n) is 4.55. The summed E-state index contributed by atoms with van der Waals surface area (Å²) in [6, 6.07) is 9.95. The molecule has 3 rings (SSSR count). The number of rotatable bonds is 5. The molecule has 2 aromatic carbocycles. The maximum absolute atomic E-state index is 13.7. The highest BCUT2D eigenvalue weighted by atomic mass is 19.1. The lowest BCUT2D eigenvalue weighted by Gasteiger charge is -2.32. The number of urea groups is 1. The number of amides is 3. The molecule has 8 heteroatoms. The lowest BCUT2D eigenvalue weighted by Crippen LogP contribution is -2.48. The van der Waals surface area contributed by atoms with Crippen molar-refractivity contribution in [1.29, 1.82) is 0 Å². The number of carbonyl (C=O) groups is 2. The van der Waals surface area contributed by atoms with E-state index in [0.29, 0.717) is 24.3 Å². The van der Waals surface area contributed by atoms with Crippen LogP contribution in [0.5, 0.6) is 0 Å². The zero-order valence-corrected chi connectivity index (χ0v) is 15.6. The van der Waals surface area contributed by atoms with Gasteiger partial charge in [0.15, 0.2) is 0 Å². The summed E-state index contributed by atoms with van der Waals surface area (Å²) in [4.78, 5) is 26.6. The number of para-hydroxylation sites is 1. The van der Waals surface area contributed by atoms with Crippen molar-refractivity contribution in [3.05, 3.63) is 53.8 Å². The maximum Gasteiger partial charge on any atom is 0.323 e. The summed E-state index contributed by atoms with van der Waals surface area (Å²) in [7, 11) is 1.49. The summed E-state index contributed by atoms with van der Waals surface area (Å²) >= 11 is 0. The minimum absolute atomic E-state index is 0.0899. The van der Waals surface area contributed by atoms with E-state index < -0.39 is 17.9 Å². The molecule has 2 aromatic rings. The van der Waals surface area contributed by atoms with E-state index in [4.69, 9.17) is 10.5 Å². The minimum atomic E-state index is -0.753. The second-order valence-corrected chi connectivity index (χ2v) is 6.52. The zero-order chi connectivity index (χ0) is 20.1. The number of hydrogen-bond donors (Lipinski definition) is 3. The highest BCUT2D eigenvalue weighted by Gasteiger charge is 2.28. The molecule has 0 aliphatic carbocycles. The van der Waals surface area contributed by atoms with Crippen molar-refractivity contribution >= 4 is 29.0 Å². The Morgan fingerprint density at radius 2 is 1.89 bits per heavy atom. The van der Waals surface area contributed by atoms with Crippen molar-refractivity contribution in [2.75, 3.05) is 35.8 Å². The monoisotopic (exact) mass is 386 g/mol. The molecular weight excluding hydrogens is 363 g/mol. The third-order valence-corrected chi connectivity index (χ3v) is 4.55. The van der Waals surface area contributed by atoms with Gasteiger partial charge in [-0.2, -0.15) is 0 Å². The number of anilines is 3. The summed E-state index contributed by atoms with van der Waals surface area (Å²) in [5, 5.41) is 5.24. The van der Waals surface area contributed by atoms with Gasteiger partial charge in [-0.3, -0.25) is 4.79 Å². The Morgan fingerprint density at radius 1 is 1.18 bits per heavy atom. The molecule has 1 atom stereocenters. The lowest BCUT2D eigenvalue weighted by molar-refractivity contribution is -0.121. The van der Waals surface area contributed by atoms with Gasteiger partial charge in [0.05, 0.1) is 12.3 Å². The average Bonchev–Trinajstić information content (AvgIpc) is 2.69. The Kier molecular flexibility index (Phi) is 6.23. The molecule has 148 valence electrons. The van der Waals surface area contributed by atoms with Gasteiger partial charge in [-0.1, -0.05) is 18.2 Å². The molecule has 1 aliphatic heterocycles. The summed E-state index contributed by atoms with van der Waals surface area (Å²) in [6.45, 7) is 0.682. The fourth-order valence-electron chi connectivity index (χ4n) is 3.26. The topological polar surface area (TPSA) is 96.7 Å². The molecule has 0 spiro atoms. The number of ether oxygens (including phenoxy) is 1. The predicted molar refractivity (Wildman–Crippen MR) is 106 cm³/mol. The van der Waals surface area contributed by atoms with Crippen molar-refractivity contribution in [2.45, 2.75) is 18.9 Å². The Morgan fingerprint density at radius 3 is 2.64 bits per heavy atom. The lowest BCUT2D eigenvalue weighted by atomic mass is 9.99. The van der Waals surface area contributed by atoms with Crippen LogP contribution >= 0.6 is 0 Å². The van der Waals surface area contributed by atoms with Crippen LogP contribution in [-0.2, 0) is 16.0 Å². The molecule has 7 nitrogen and oxygen atoms in total. The second kappa shape index (κ2) is 8.81. The van der Waals surface area contributed by atoms with Gasteiger partial charge in [0.2, 0.25) is 5.91 Å². The van der Waals surface area contributed by atoms with Gasteiger partial charge in [0, 0.05) is 25.0 Å². The van der Waals surface area contributed by atoms with Crippen LogP contribution in [0.3, 0.4) is 0 Å². The van der Waals surface area contributed by atoms with E-state index in [1.807, 2.05) is 6.07 Å². The Bertz CT molecular complexity index is 874. The van der Waals surface area contributed by atoms with E-state index in [1.54, 1.807) is 29.2 Å². The van der Waals surface area contributed by atoms with Crippen LogP contribution in [0.15, 0.2) is 42.5 Å². The van der Waals surface area contributed by atoms with E-state index >= 15 is 0 Å². The van der Waals surface area contributed by atoms with Gasteiger partial charge >= 0.3 is 6.03 Å². The summed E-state index contributed by atoms with van der Waals surface area (Å²) in [6.07, 6.45) is 1.45. The minimum Gasteiger partial charge on any atom is -0.383 e. The van der Waals surface area contributed by atoms with Crippen LogP contribution in [0.25, 0.3) is 0 Å². The first-order valence-corrected chi connectivity index (χ1v) is 9.01. The number of nitrogens with zero attached hydrogens (tertiary/aromatic N) is 1. The van der Waals surface area contributed by atoms with Crippen LogP contribution in [-0.4, -0.2) is 38.2 Å². The quantitative estimate of drug-likeness (QED) is 0.736. The van der Waals surface area contributed by atoms with Gasteiger partial charge < -0.3 is 26.0 Å². The molecule has 0 bridgehead atoms. The van der Waals surface area contributed by atoms with Crippen LogP contribution in [0, 0.1) is 5.82 Å². The molecule has 0 radical (unpaired) electrons. The number of hydrogen-bond acceptors (Lipinski definition) is 4. The number of halogens is 1. The first-order valence-electron chi connectivity index (χ1n) is 9.01. The van der Waals surface area contributed by atoms with Crippen molar-refractivity contribution < 1.29 is 18.7 Å². The van der Waals surface area contributed by atoms with Crippen molar-refractivity contribution in [1.82, 2.24) is 0 Å². The summed E-state index contributed by atoms with van der Waals surface area (Å²) < 4.78 is 18.7.